The average molecular weight is 278 g/mol. The van der Waals surface area contributed by atoms with Gasteiger partial charge in [0.25, 0.3) is 0 Å². The lowest BCUT2D eigenvalue weighted by Crippen LogP contribution is -2.27. The number of fused-ring (bicyclic) bond motifs is 1. The zero-order valence-electron chi connectivity index (χ0n) is 11.6. The standard InChI is InChI=1S/C15H18O5/c1-9(14-13(7-16)19-15(2,3)20-14)10-4-5-11-12(6-10)18-8-17-11/h4-6,13-14,16H,1,7-8H2,2-3H3/t13-,14+/m1/s1. The van der Waals surface area contributed by atoms with Gasteiger partial charge in [0, 0.05) is 0 Å². The van der Waals surface area contributed by atoms with Gasteiger partial charge < -0.3 is 24.1 Å². The molecule has 0 spiro atoms. The predicted octanol–water partition coefficient (Wildman–Crippen LogP) is 1.94. The molecule has 0 amide bonds. The molecule has 1 saturated heterocycles. The molecular weight excluding hydrogens is 260 g/mol. The Balaban J connectivity index is 1.85. The van der Waals surface area contributed by atoms with Crippen molar-refractivity contribution in [2.75, 3.05) is 13.4 Å². The summed E-state index contributed by atoms with van der Waals surface area (Å²) in [6.45, 7) is 7.85. The number of rotatable bonds is 3. The monoisotopic (exact) mass is 278 g/mol. The van der Waals surface area contributed by atoms with Gasteiger partial charge in [-0.2, -0.15) is 0 Å². The summed E-state index contributed by atoms with van der Waals surface area (Å²) >= 11 is 0. The number of aliphatic hydroxyl groups is 1. The highest BCUT2D eigenvalue weighted by molar-refractivity contribution is 5.70. The molecule has 20 heavy (non-hydrogen) atoms. The molecule has 0 aliphatic carbocycles. The van der Waals surface area contributed by atoms with E-state index < -0.39 is 11.9 Å². The van der Waals surface area contributed by atoms with Gasteiger partial charge in [-0.25, -0.2) is 0 Å². The molecule has 0 aromatic heterocycles. The minimum absolute atomic E-state index is 0.113. The highest BCUT2D eigenvalue weighted by Gasteiger charge is 2.42. The number of benzene rings is 1. The Hall–Kier alpha value is -1.56. The van der Waals surface area contributed by atoms with Crippen molar-refractivity contribution in [2.45, 2.75) is 31.8 Å². The summed E-state index contributed by atoms with van der Waals surface area (Å²) < 4.78 is 22.1. The maximum atomic E-state index is 9.43. The summed E-state index contributed by atoms with van der Waals surface area (Å²) in [5.74, 6) is 0.698. The van der Waals surface area contributed by atoms with E-state index in [1.807, 2.05) is 32.0 Å². The Morgan fingerprint density at radius 1 is 1.30 bits per heavy atom. The highest BCUT2D eigenvalue weighted by Crippen LogP contribution is 2.39. The van der Waals surface area contributed by atoms with E-state index >= 15 is 0 Å². The lowest BCUT2D eigenvalue weighted by Gasteiger charge is -2.19. The summed E-state index contributed by atoms with van der Waals surface area (Å²) in [7, 11) is 0. The largest absolute Gasteiger partial charge is 0.454 e. The molecule has 3 rings (SSSR count). The van der Waals surface area contributed by atoms with Crippen LogP contribution in [0.3, 0.4) is 0 Å². The molecule has 1 N–H and O–H groups in total. The van der Waals surface area contributed by atoms with Gasteiger partial charge in [-0.05, 0) is 37.1 Å². The molecule has 5 heteroatoms. The first-order chi connectivity index (χ1) is 9.50. The summed E-state index contributed by atoms with van der Waals surface area (Å²) in [4.78, 5) is 0. The fourth-order valence-electron chi connectivity index (χ4n) is 2.52. The normalized spacial score (nSPS) is 26.8. The Labute approximate surface area is 117 Å². The third-order valence-electron chi connectivity index (χ3n) is 3.45. The van der Waals surface area contributed by atoms with Crippen LogP contribution in [0, 0.1) is 0 Å². The Bertz CT molecular complexity index is 537. The fraction of sp³-hybridized carbons (Fsp3) is 0.467. The van der Waals surface area contributed by atoms with E-state index in [0.717, 1.165) is 16.9 Å². The predicted molar refractivity (Wildman–Crippen MR) is 72.5 cm³/mol. The molecule has 0 radical (unpaired) electrons. The van der Waals surface area contributed by atoms with Crippen LogP contribution in [0.5, 0.6) is 11.5 Å². The SMILES string of the molecule is C=C(c1ccc2c(c1)OCO2)[C@@H]1OC(C)(C)O[C@@H]1CO. The Morgan fingerprint density at radius 2 is 2.05 bits per heavy atom. The average Bonchev–Trinajstić information content (AvgIpc) is 3.00. The van der Waals surface area contributed by atoms with Crippen LogP contribution in [0.25, 0.3) is 5.57 Å². The van der Waals surface area contributed by atoms with Crippen LogP contribution in [0.1, 0.15) is 19.4 Å². The van der Waals surface area contributed by atoms with Gasteiger partial charge in [0.15, 0.2) is 17.3 Å². The lowest BCUT2D eigenvalue weighted by molar-refractivity contribution is -0.145. The second kappa shape index (κ2) is 4.77. The van der Waals surface area contributed by atoms with E-state index in [4.69, 9.17) is 18.9 Å². The van der Waals surface area contributed by atoms with Crippen LogP contribution in [0.15, 0.2) is 24.8 Å². The van der Waals surface area contributed by atoms with Gasteiger partial charge >= 0.3 is 0 Å². The van der Waals surface area contributed by atoms with Crippen molar-refractivity contribution in [1.82, 2.24) is 0 Å². The molecule has 0 saturated carbocycles. The first kappa shape index (κ1) is 13.4. The number of ether oxygens (including phenoxy) is 4. The fourth-order valence-corrected chi connectivity index (χ4v) is 2.52. The van der Waals surface area contributed by atoms with Gasteiger partial charge in [0.1, 0.15) is 12.2 Å². The van der Waals surface area contributed by atoms with Crippen LogP contribution in [0.2, 0.25) is 0 Å². The molecule has 5 nitrogen and oxygen atoms in total. The molecule has 2 atom stereocenters. The smallest absolute Gasteiger partial charge is 0.231 e. The molecule has 108 valence electrons. The summed E-state index contributed by atoms with van der Waals surface area (Å²) in [6.07, 6.45) is -0.793. The van der Waals surface area contributed by atoms with E-state index in [1.165, 1.54) is 0 Å². The first-order valence-electron chi connectivity index (χ1n) is 6.55. The van der Waals surface area contributed by atoms with E-state index in [2.05, 4.69) is 6.58 Å². The van der Waals surface area contributed by atoms with Crippen LogP contribution in [-0.2, 0) is 9.47 Å². The minimum atomic E-state index is -0.725. The molecule has 0 unspecified atom stereocenters. The van der Waals surface area contributed by atoms with E-state index in [9.17, 15) is 5.11 Å². The van der Waals surface area contributed by atoms with Crippen LogP contribution in [0.4, 0.5) is 0 Å². The second-order valence-electron chi connectivity index (χ2n) is 5.37. The van der Waals surface area contributed by atoms with Crippen molar-refractivity contribution in [2.24, 2.45) is 0 Å². The van der Waals surface area contributed by atoms with Crippen LogP contribution < -0.4 is 9.47 Å². The zero-order valence-corrected chi connectivity index (χ0v) is 11.6. The van der Waals surface area contributed by atoms with Crippen molar-refractivity contribution in [1.29, 1.82) is 0 Å². The Kier molecular flexibility index (Phi) is 3.20. The van der Waals surface area contributed by atoms with Crippen molar-refractivity contribution in [3.05, 3.63) is 30.3 Å². The summed E-state index contributed by atoms with van der Waals surface area (Å²) in [5.41, 5.74) is 1.65. The maximum absolute atomic E-state index is 9.43. The van der Waals surface area contributed by atoms with E-state index in [1.54, 1.807) is 0 Å². The van der Waals surface area contributed by atoms with Gasteiger partial charge in [0.2, 0.25) is 6.79 Å². The quantitative estimate of drug-likeness (QED) is 0.915. The van der Waals surface area contributed by atoms with Crippen LogP contribution >= 0.6 is 0 Å². The molecule has 2 heterocycles. The summed E-state index contributed by atoms with van der Waals surface area (Å²) in [5, 5.41) is 9.43. The molecule has 1 aromatic carbocycles. The molecule has 1 aromatic rings. The van der Waals surface area contributed by atoms with E-state index in [0.29, 0.717) is 5.75 Å². The van der Waals surface area contributed by atoms with Crippen molar-refractivity contribution >= 4 is 5.57 Å². The third-order valence-corrected chi connectivity index (χ3v) is 3.45. The van der Waals surface area contributed by atoms with Gasteiger partial charge in [0.05, 0.1) is 6.61 Å². The molecular formula is C15H18O5. The maximum Gasteiger partial charge on any atom is 0.231 e. The van der Waals surface area contributed by atoms with Crippen molar-refractivity contribution in [3.63, 3.8) is 0 Å². The van der Waals surface area contributed by atoms with Crippen LogP contribution in [-0.4, -0.2) is 36.5 Å². The van der Waals surface area contributed by atoms with Gasteiger partial charge in [-0.3, -0.25) is 0 Å². The van der Waals surface area contributed by atoms with Crippen molar-refractivity contribution < 1.29 is 24.1 Å². The highest BCUT2D eigenvalue weighted by atomic mass is 16.8. The summed E-state index contributed by atoms with van der Waals surface area (Å²) in [6, 6.07) is 5.62. The third kappa shape index (κ3) is 2.28. The van der Waals surface area contributed by atoms with E-state index in [-0.39, 0.29) is 19.5 Å². The lowest BCUT2D eigenvalue weighted by atomic mass is 9.98. The van der Waals surface area contributed by atoms with Crippen molar-refractivity contribution in [3.8, 4) is 11.5 Å². The minimum Gasteiger partial charge on any atom is -0.454 e. The molecule has 1 fully saturated rings. The first-order valence-corrected chi connectivity index (χ1v) is 6.55. The molecule has 0 bridgehead atoms. The zero-order chi connectivity index (χ0) is 14.3. The molecule has 2 aliphatic heterocycles. The second-order valence-corrected chi connectivity index (χ2v) is 5.37. The topological polar surface area (TPSA) is 57.2 Å². The molecule has 2 aliphatic rings. The van der Waals surface area contributed by atoms with Gasteiger partial charge in [-0.1, -0.05) is 12.6 Å². The Morgan fingerprint density at radius 3 is 2.80 bits per heavy atom. The number of hydrogen-bond donors (Lipinski definition) is 1. The number of aliphatic hydroxyl groups excluding tert-OH is 1. The number of hydrogen-bond acceptors (Lipinski definition) is 5. The van der Waals surface area contributed by atoms with Gasteiger partial charge in [-0.15, -0.1) is 0 Å².